The number of benzene rings is 2. The molecule has 0 aliphatic carbocycles. The smallest absolute Gasteiger partial charge is 0.294 e. The molecule has 2 aromatic carbocycles. The summed E-state index contributed by atoms with van der Waals surface area (Å²) in [6, 6.07) is 9.41. The van der Waals surface area contributed by atoms with Crippen LogP contribution < -0.4 is 10.2 Å². The number of nitro benzene ring substituents is 1. The number of rotatable bonds is 5. The standard InChI is InChI=1S/C22H26N4O5S/c1-15-4-3-10-24(14-15)32(30,31)19-6-7-20(22(13-19)26(28)29)23-18-5-8-21-17(12-18)9-11-25(21)16(2)27/h5-8,12-13,15,23H,3-4,9-11,14H2,1-2H3/t15-/m0/s1. The lowest BCUT2D eigenvalue weighted by molar-refractivity contribution is -0.384. The van der Waals surface area contributed by atoms with Crippen LogP contribution in [0.5, 0.6) is 0 Å². The first-order valence-corrected chi connectivity index (χ1v) is 12.1. The van der Waals surface area contributed by atoms with Crippen LogP contribution in [0.25, 0.3) is 0 Å². The average Bonchev–Trinajstić information content (AvgIpc) is 3.17. The Morgan fingerprint density at radius 2 is 1.97 bits per heavy atom. The van der Waals surface area contributed by atoms with Gasteiger partial charge in [0.1, 0.15) is 5.69 Å². The fourth-order valence-electron chi connectivity index (χ4n) is 4.40. The molecule has 0 unspecified atom stereocenters. The molecule has 4 rings (SSSR count). The normalized spacial score (nSPS) is 18.9. The number of sulfonamides is 1. The highest BCUT2D eigenvalue weighted by atomic mass is 32.2. The number of fused-ring (bicyclic) bond motifs is 1. The minimum atomic E-state index is -3.80. The van der Waals surface area contributed by atoms with E-state index in [1.54, 1.807) is 11.0 Å². The Bertz CT molecular complexity index is 1180. The minimum Gasteiger partial charge on any atom is -0.350 e. The van der Waals surface area contributed by atoms with Gasteiger partial charge >= 0.3 is 0 Å². The van der Waals surface area contributed by atoms with Crippen LogP contribution in [-0.2, 0) is 21.2 Å². The third kappa shape index (κ3) is 4.20. The molecule has 32 heavy (non-hydrogen) atoms. The van der Waals surface area contributed by atoms with Crippen molar-refractivity contribution < 1.29 is 18.1 Å². The molecule has 1 saturated heterocycles. The largest absolute Gasteiger partial charge is 0.350 e. The second kappa shape index (κ2) is 8.51. The Hall–Kier alpha value is -2.98. The number of piperidine rings is 1. The van der Waals surface area contributed by atoms with Gasteiger partial charge in [0.15, 0.2) is 0 Å². The van der Waals surface area contributed by atoms with E-state index in [0.717, 1.165) is 30.2 Å². The van der Waals surface area contributed by atoms with Crippen molar-refractivity contribution in [1.29, 1.82) is 0 Å². The van der Waals surface area contributed by atoms with Gasteiger partial charge in [-0.15, -0.1) is 0 Å². The highest BCUT2D eigenvalue weighted by molar-refractivity contribution is 7.89. The van der Waals surface area contributed by atoms with E-state index in [2.05, 4.69) is 5.32 Å². The average molecular weight is 459 g/mol. The number of nitrogens with zero attached hydrogens (tertiary/aromatic N) is 3. The van der Waals surface area contributed by atoms with Crippen molar-refractivity contribution in [1.82, 2.24) is 4.31 Å². The third-order valence-corrected chi connectivity index (χ3v) is 7.92. The van der Waals surface area contributed by atoms with Crippen LogP contribution in [0.4, 0.5) is 22.7 Å². The van der Waals surface area contributed by atoms with Crippen molar-refractivity contribution in [3.63, 3.8) is 0 Å². The third-order valence-electron chi connectivity index (χ3n) is 6.06. The molecule has 0 aromatic heterocycles. The van der Waals surface area contributed by atoms with Crippen LogP contribution in [-0.4, -0.2) is 43.2 Å². The lowest BCUT2D eigenvalue weighted by atomic mass is 10.0. The predicted molar refractivity (Wildman–Crippen MR) is 122 cm³/mol. The van der Waals surface area contributed by atoms with Gasteiger partial charge in [-0.25, -0.2) is 8.42 Å². The number of nitrogens with one attached hydrogen (secondary N) is 1. The van der Waals surface area contributed by atoms with Gasteiger partial charge in [0.05, 0.1) is 9.82 Å². The van der Waals surface area contributed by atoms with E-state index in [1.807, 2.05) is 19.1 Å². The monoisotopic (exact) mass is 458 g/mol. The summed E-state index contributed by atoms with van der Waals surface area (Å²) in [6.07, 6.45) is 2.46. The van der Waals surface area contributed by atoms with Gasteiger partial charge in [-0.3, -0.25) is 14.9 Å². The van der Waals surface area contributed by atoms with Crippen molar-refractivity contribution in [3.05, 3.63) is 52.1 Å². The van der Waals surface area contributed by atoms with Gasteiger partial charge in [-0.05, 0) is 61.1 Å². The molecule has 170 valence electrons. The lowest BCUT2D eigenvalue weighted by Crippen LogP contribution is -2.39. The molecule has 0 spiro atoms. The van der Waals surface area contributed by atoms with E-state index >= 15 is 0 Å². The van der Waals surface area contributed by atoms with Gasteiger partial charge in [-0.2, -0.15) is 4.31 Å². The second-order valence-electron chi connectivity index (χ2n) is 8.44. The molecular weight excluding hydrogens is 432 g/mol. The highest BCUT2D eigenvalue weighted by Crippen LogP contribution is 2.35. The van der Waals surface area contributed by atoms with Crippen LogP contribution in [0.1, 0.15) is 32.3 Å². The van der Waals surface area contributed by atoms with Crippen LogP contribution in [0.15, 0.2) is 41.3 Å². The molecule has 1 N–H and O–H groups in total. The second-order valence-corrected chi connectivity index (χ2v) is 10.4. The number of hydrogen-bond donors (Lipinski definition) is 1. The molecule has 9 nitrogen and oxygen atoms in total. The molecule has 0 saturated carbocycles. The maximum absolute atomic E-state index is 13.0. The van der Waals surface area contributed by atoms with E-state index in [-0.39, 0.29) is 28.1 Å². The number of carbonyl (C=O) groups is 1. The molecule has 2 aliphatic heterocycles. The number of hydrogen-bond acceptors (Lipinski definition) is 6. The Labute approximate surface area is 187 Å². The summed E-state index contributed by atoms with van der Waals surface area (Å²) in [5.41, 5.74) is 2.36. The Morgan fingerprint density at radius 1 is 1.19 bits per heavy atom. The lowest BCUT2D eigenvalue weighted by Gasteiger charge is -2.30. The zero-order valence-corrected chi connectivity index (χ0v) is 18.9. The Balaban J connectivity index is 1.62. The maximum Gasteiger partial charge on any atom is 0.294 e. The van der Waals surface area contributed by atoms with Crippen LogP contribution >= 0.6 is 0 Å². The topological polar surface area (TPSA) is 113 Å². The molecule has 1 atom stereocenters. The molecular formula is C22H26N4O5S. The fourth-order valence-corrected chi connectivity index (χ4v) is 6.02. The molecule has 1 amide bonds. The van der Waals surface area contributed by atoms with E-state index in [0.29, 0.717) is 31.7 Å². The highest BCUT2D eigenvalue weighted by Gasteiger charge is 2.31. The van der Waals surface area contributed by atoms with E-state index < -0.39 is 14.9 Å². The summed E-state index contributed by atoms with van der Waals surface area (Å²) < 4.78 is 27.5. The van der Waals surface area contributed by atoms with Crippen LogP contribution in [0.3, 0.4) is 0 Å². The first-order valence-electron chi connectivity index (χ1n) is 10.6. The summed E-state index contributed by atoms with van der Waals surface area (Å²) in [4.78, 5) is 24.5. The zero-order chi connectivity index (χ0) is 23.0. The number of amides is 1. The Kier molecular flexibility index (Phi) is 5.91. The first-order chi connectivity index (χ1) is 15.2. The minimum absolute atomic E-state index is 0.0278. The molecule has 0 bridgehead atoms. The summed E-state index contributed by atoms with van der Waals surface area (Å²) in [7, 11) is -3.80. The molecule has 0 radical (unpaired) electrons. The first kappa shape index (κ1) is 22.2. The molecule has 10 heteroatoms. The number of carbonyl (C=O) groups excluding carboxylic acids is 1. The van der Waals surface area contributed by atoms with Gasteiger partial charge < -0.3 is 10.2 Å². The molecule has 1 fully saturated rings. The summed E-state index contributed by atoms with van der Waals surface area (Å²) in [6.45, 7) is 4.97. The quantitative estimate of drug-likeness (QED) is 0.540. The van der Waals surface area contributed by atoms with Crippen molar-refractivity contribution in [3.8, 4) is 0 Å². The predicted octanol–water partition coefficient (Wildman–Crippen LogP) is 3.67. The van der Waals surface area contributed by atoms with Crippen molar-refractivity contribution in [2.75, 3.05) is 29.9 Å². The molecule has 2 aromatic rings. The maximum atomic E-state index is 13.0. The van der Waals surface area contributed by atoms with Crippen LogP contribution in [0, 0.1) is 16.0 Å². The SMILES string of the molecule is CC(=O)N1CCc2cc(Nc3ccc(S(=O)(=O)N4CCC[C@H](C)C4)cc3[N+](=O)[O-])ccc21. The Morgan fingerprint density at radius 3 is 2.66 bits per heavy atom. The van der Waals surface area contributed by atoms with Gasteiger partial charge in [0.2, 0.25) is 15.9 Å². The zero-order valence-electron chi connectivity index (χ0n) is 18.1. The van der Waals surface area contributed by atoms with Crippen molar-refractivity contribution in [2.24, 2.45) is 5.92 Å². The van der Waals surface area contributed by atoms with Gasteiger partial charge in [-0.1, -0.05) is 6.92 Å². The summed E-state index contributed by atoms with van der Waals surface area (Å²) in [5.74, 6) is 0.230. The summed E-state index contributed by atoms with van der Waals surface area (Å²) >= 11 is 0. The number of anilines is 3. The van der Waals surface area contributed by atoms with E-state index in [9.17, 15) is 23.3 Å². The fraction of sp³-hybridized carbons (Fsp3) is 0.409. The van der Waals surface area contributed by atoms with Crippen molar-refractivity contribution in [2.45, 2.75) is 38.0 Å². The molecule has 2 aliphatic rings. The van der Waals surface area contributed by atoms with Gasteiger partial charge in [0.25, 0.3) is 5.69 Å². The van der Waals surface area contributed by atoms with E-state index in [4.69, 9.17) is 0 Å². The van der Waals surface area contributed by atoms with E-state index in [1.165, 1.54) is 23.4 Å². The van der Waals surface area contributed by atoms with Gasteiger partial charge in [0, 0.05) is 44.0 Å². The summed E-state index contributed by atoms with van der Waals surface area (Å²) in [5, 5.41) is 14.8. The van der Waals surface area contributed by atoms with Crippen LogP contribution in [0.2, 0.25) is 0 Å². The number of nitro groups is 1. The van der Waals surface area contributed by atoms with Crippen molar-refractivity contribution >= 4 is 38.7 Å². The molecule has 2 heterocycles.